The van der Waals surface area contributed by atoms with E-state index in [9.17, 15) is 26.7 Å². The molecule has 1 atom stereocenters. The number of carbonyl (C=O) groups excluding carboxylic acids is 1. The highest BCUT2D eigenvalue weighted by atomic mass is 19.4. The molecule has 184 valence electrons. The molecule has 4 aromatic heterocycles. The number of nitrogens with one attached hydrogen (secondary N) is 3. The molecule has 0 radical (unpaired) electrons. The van der Waals surface area contributed by atoms with Crippen molar-refractivity contribution < 1.29 is 26.7 Å². The van der Waals surface area contributed by atoms with E-state index in [-0.39, 0.29) is 11.5 Å². The van der Waals surface area contributed by atoms with Crippen molar-refractivity contribution >= 4 is 28.4 Å². The maximum Gasteiger partial charge on any atom is 0.408 e. The second-order valence-electron chi connectivity index (χ2n) is 8.59. The van der Waals surface area contributed by atoms with Crippen LogP contribution in [0.1, 0.15) is 30.1 Å². The SMILES string of the molecule is CC(NC(=O)c1cnn2ccc(-c3c[nH]c4nc(NCC(F)(F)C5CC5)ncc34)cc12)C(F)(F)F. The quantitative estimate of drug-likeness (QED) is 0.331. The molecule has 0 aromatic carbocycles. The lowest BCUT2D eigenvalue weighted by Crippen LogP contribution is -2.43. The number of alkyl halides is 5. The molecule has 4 aromatic rings. The lowest BCUT2D eigenvalue weighted by atomic mass is 10.1. The van der Waals surface area contributed by atoms with Gasteiger partial charge < -0.3 is 15.6 Å². The number of aromatic nitrogens is 5. The fourth-order valence-corrected chi connectivity index (χ4v) is 3.76. The zero-order valence-corrected chi connectivity index (χ0v) is 18.3. The van der Waals surface area contributed by atoms with Crippen LogP contribution >= 0.6 is 0 Å². The van der Waals surface area contributed by atoms with Crippen molar-refractivity contribution in [3.05, 3.63) is 42.5 Å². The van der Waals surface area contributed by atoms with Crippen molar-refractivity contribution in [2.45, 2.75) is 37.9 Å². The molecule has 0 saturated heterocycles. The number of H-pyrrole nitrogens is 1. The van der Waals surface area contributed by atoms with Gasteiger partial charge in [0.1, 0.15) is 11.7 Å². The van der Waals surface area contributed by atoms with Crippen molar-refractivity contribution in [1.82, 2.24) is 29.9 Å². The Balaban J connectivity index is 1.40. The Morgan fingerprint density at radius 1 is 1.26 bits per heavy atom. The Hall–Kier alpha value is -3.77. The van der Waals surface area contributed by atoms with Crippen LogP contribution in [0.2, 0.25) is 0 Å². The molecule has 5 rings (SSSR count). The van der Waals surface area contributed by atoms with Gasteiger partial charge >= 0.3 is 6.18 Å². The van der Waals surface area contributed by atoms with Gasteiger partial charge in [0.15, 0.2) is 0 Å². The summed E-state index contributed by atoms with van der Waals surface area (Å²) in [5, 5.41) is 9.16. The molecule has 1 aliphatic rings. The van der Waals surface area contributed by atoms with Gasteiger partial charge in [0.2, 0.25) is 5.95 Å². The normalized spacial score (nSPS) is 15.5. The summed E-state index contributed by atoms with van der Waals surface area (Å²) < 4.78 is 67.8. The Kier molecular flexibility index (Phi) is 5.37. The first kappa shape index (κ1) is 23.0. The molecule has 0 aliphatic heterocycles. The average Bonchev–Trinajstić information content (AvgIpc) is 3.46. The Bertz CT molecular complexity index is 1410. The van der Waals surface area contributed by atoms with Gasteiger partial charge in [0, 0.05) is 35.5 Å². The molecular formula is C22H20F5N7O. The van der Waals surface area contributed by atoms with E-state index < -0.39 is 36.5 Å². The van der Waals surface area contributed by atoms with Gasteiger partial charge in [-0.2, -0.15) is 23.3 Å². The van der Waals surface area contributed by atoms with E-state index in [0.717, 1.165) is 6.92 Å². The standard InChI is InChI=1S/C22H20F5N7O/c1-11(22(25,26)27)32-19(35)16-9-31-34-5-4-12(6-17(16)34)14-7-28-18-15(14)8-29-20(33-18)30-10-21(23,24)13-2-3-13/h4-9,11,13H,2-3,10H2,1H3,(H,32,35)(H2,28,29,30,33). The molecule has 1 saturated carbocycles. The molecule has 4 heterocycles. The Morgan fingerprint density at radius 2 is 2.03 bits per heavy atom. The van der Waals surface area contributed by atoms with Gasteiger partial charge in [0.05, 0.1) is 23.8 Å². The zero-order valence-electron chi connectivity index (χ0n) is 18.3. The van der Waals surface area contributed by atoms with Gasteiger partial charge in [-0.15, -0.1) is 0 Å². The van der Waals surface area contributed by atoms with Gasteiger partial charge in [-0.1, -0.05) is 0 Å². The van der Waals surface area contributed by atoms with Crippen LogP contribution in [0.4, 0.5) is 27.9 Å². The predicted octanol–water partition coefficient (Wildman–Crippen LogP) is 4.41. The van der Waals surface area contributed by atoms with E-state index >= 15 is 0 Å². The number of fused-ring (bicyclic) bond motifs is 2. The molecule has 1 unspecified atom stereocenters. The summed E-state index contributed by atoms with van der Waals surface area (Å²) >= 11 is 0. The van der Waals surface area contributed by atoms with Crippen molar-refractivity contribution in [3.8, 4) is 11.1 Å². The summed E-state index contributed by atoms with van der Waals surface area (Å²) in [5.41, 5.74) is 2.00. The average molecular weight is 493 g/mol. The third-order valence-electron chi connectivity index (χ3n) is 6.00. The second-order valence-corrected chi connectivity index (χ2v) is 8.59. The van der Waals surface area contributed by atoms with Crippen LogP contribution in [-0.2, 0) is 0 Å². The number of amides is 1. The van der Waals surface area contributed by atoms with Crippen LogP contribution in [0.25, 0.3) is 27.7 Å². The highest BCUT2D eigenvalue weighted by molar-refractivity contribution is 6.02. The van der Waals surface area contributed by atoms with E-state index in [0.29, 0.717) is 40.5 Å². The minimum Gasteiger partial charge on any atom is -0.348 e. The monoisotopic (exact) mass is 493 g/mol. The molecule has 3 N–H and O–H groups in total. The van der Waals surface area contributed by atoms with Crippen molar-refractivity contribution in [2.75, 3.05) is 11.9 Å². The fraction of sp³-hybridized carbons (Fsp3) is 0.364. The van der Waals surface area contributed by atoms with Gasteiger partial charge in [-0.3, -0.25) is 4.79 Å². The van der Waals surface area contributed by atoms with Crippen molar-refractivity contribution in [3.63, 3.8) is 0 Å². The lowest BCUT2D eigenvalue weighted by Gasteiger charge is -2.16. The first-order valence-electron chi connectivity index (χ1n) is 10.8. The number of carbonyl (C=O) groups is 1. The molecule has 0 spiro atoms. The van der Waals surface area contributed by atoms with Crippen LogP contribution in [0.15, 0.2) is 36.9 Å². The molecule has 0 bridgehead atoms. The highest BCUT2D eigenvalue weighted by Gasteiger charge is 2.46. The van der Waals surface area contributed by atoms with Crippen LogP contribution in [0.5, 0.6) is 0 Å². The summed E-state index contributed by atoms with van der Waals surface area (Å²) in [4.78, 5) is 23.8. The Morgan fingerprint density at radius 3 is 2.74 bits per heavy atom. The number of rotatable bonds is 7. The third kappa shape index (κ3) is 4.49. The number of hydrogen-bond acceptors (Lipinski definition) is 5. The van der Waals surface area contributed by atoms with Crippen molar-refractivity contribution in [1.29, 1.82) is 0 Å². The summed E-state index contributed by atoms with van der Waals surface area (Å²) in [6, 6.07) is 1.31. The lowest BCUT2D eigenvalue weighted by molar-refractivity contribution is -0.149. The maximum atomic E-state index is 13.9. The van der Waals surface area contributed by atoms with E-state index in [1.165, 1.54) is 16.9 Å². The van der Waals surface area contributed by atoms with E-state index in [2.05, 4.69) is 25.4 Å². The van der Waals surface area contributed by atoms with E-state index in [1.54, 1.807) is 24.5 Å². The number of anilines is 1. The maximum absolute atomic E-state index is 13.9. The van der Waals surface area contributed by atoms with Gasteiger partial charge in [0.25, 0.3) is 11.8 Å². The largest absolute Gasteiger partial charge is 0.408 e. The predicted molar refractivity (Wildman–Crippen MR) is 117 cm³/mol. The molecule has 1 aliphatic carbocycles. The number of aromatic amines is 1. The molecule has 13 heteroatoms. The van der Waals surface area contributed by atoms with E-state index in [4.69, 9.17) is 0 Å². The van der Waals surface area contributed by atoms with Gasteiger partial charge in [-0.05, 0) is 37.5 Å². The fourth-order valence-electron chi connectivity index (χ4n) is 3.76. The minimum absolute atomic E-state index is 0.0119. The molecular weight excluding hydrogens is 473 g/mol. The summed E-state index contributed by atoms with van der Waals surface area (Å²) in [7, 11) is 0. The van der Waals surface area contributed by atoms with Crippen LogP contribution in [0, 0.1) is 5.92 Å². The van der Waals surface area contributed by atoms with Crippen LogP contribution < -0.4 is 10.6 Å². The first-order chi connectivity index (χ1) is 16.5. The third-order valence-corrected chi connectivity index (χ3v) is 6.00. The molecule has 35 heavy (non-hydrogen) atoms. The number of nitrogens with zero attached hydrogens (tertiary/aromatic N) is 4. The second kappa shape index (κ2) is 8.17. The zero-order chi connectivity index (χ0) is 25.0. The number of pyridine rings is 1. The van der Waals surface area contributed by atoms with Gasteiger partial charge in [-0.25, -0.2) is 18.3 Å². The smallest absolute Gasteiger partial charge is 0.348 e. The molecule has 1 amide bonds. The van der Waals surface area contributed by atoms with Crippen molar-refractivity contribution in [2.24, 2.45) is 5.92 Å². The van der Waals surface area contributed by atoms with E-state index in [1.807, 2.05) is 5.32 Å². The molecule has 8 nitrogen and oxygen atoms in total. The first-order valence-corrected chi connectivity index (χ1v) is 10.8. The van der Waals surface area contributed by atoms with Crippen LogP contribution in [0.3, 0.4) is 0 Å². The number of hydrogen-bond donors (Lipinski definition) is 3. The summed E-state index contributed by atoms with van der Waals surface area (Å²) in [5.74, 6) is -4.25. The summed E-state index contributed by atoms with van der Waals surface area (Å²) in [6.45, 7) is 0.309. The number of halogens is 5. The highest BCUT2D eigenvalue weighted by Crippen LogP contribution is 2.43. The topological polar surface area (TPSA) is 100 Å². The molecule has 1 fully saturated rings. The minimum atomic E-state index is -4.57. The van der Waals surface area contributed by atoms with Crippen LogP contribution in [-0.4, -0.2) is 55.2 Å². The summed E-state index contributed by atoms with van der Waals surface area (Å²) in [6.07, 6.45) is 2.37. The Labute approximate surface area is 194 Å².